The van der Waals surface area contributed by atoms with Crippen LogP contribution in [0, 0.1) is 12.3 Å². The third-order valence-electron chi connectivity index (χ3n) is 4.64. The fourth-order valence-electron chi connectivity index (χ4n) is 3.16. The molecule has 5 heteroatoms. The minimum atomic E-state index is -0.829. The van der Waals surface area contributed by atoms with Gasteiger partial charge in [0.15, 0.2) is 0 Å². The van der Waals surface area contributed by atoms with Crippen molar-refractivity contribution in [1.29, 1.82) is 0 Å². The summed E-state index contributed by atoms with van der Waals surface area (Å²) in [6.45, 7) is 4.79. The van der Waals surface area contributed by atoms with E-state index in [9.17, 15) is 14.7 Å². The van der Waals surface area contributed by atoms with E-state index in [1.165, 1.54) is 0 Å². The first-order valence-electron chi connectivity index (χ1n) is 7.46. The minimum absolute atomic E-state index is 0.0225. The van der Waals surface area contributed by atoms with Crippen molar-refractivity contribution in [3.05, 3.63) is 36.0 Å². The molecule has 0 aliphatic carbocycles. The first kappa shape index (κ1) is 14.6. The van der Waals surface area contributed by atoms with Gasteiger partial charge in [-0.1, -0.05) is 18.2 Å². The Labute approximate surface area is 129 Å². The number of nitrogens with zero attached hydrogens (tertiary/aromatic N) is 2. The lowest BCUT2D eigenvalue weighted by Crippen LogP contribution is -2.36. The van der Waals surface area contributed by atoms with Crippen molar-refractivity contribution in [3.8, 4) is 0 Å². The maximum atomic E-state index is 12.5. The minimum Gasteiger partial charge on any atom is -0.481 e. The molecule has 1 unspecified atom stereocenters. The van der Waals surface area contributed by atoms with E-state index in [1.54, 1.807) is 11.8 Å². The number of aryl methyl sites for hydroxylation is 1. The van der Waals surface area contributed by atoms with E-state index in [2.05, 4.69) is 0 Å². The molecule has 2 heterocycles. The van der Waals surface area contributed by atoms with Gasteiger partial charge < -0.3 is 14.6 Å². The number of aromatic nitrogens is 1. The summed E-state index contributed by atoms with van der Waals surface area (Å²) in [5, 5.41) is 10.4. The molecule has 0 radical (unpaired) electrons. The van der Waals surface area contributed by atoms with Crippen molar-refractivity contribution in [1.82, 2.24) is 9.47 Å². The van der Waals surface area contributed by atoms with E-state index in [1.807, 2.05) is 42.0 Å². The number of carboxylic acids is 1. The Bertz CT molecular complexity index is 749. The van der Waals surface area contributed by atoms with Gasteiger partial charge >= 0.3 is 5.97 Å². The zero-order chi connectivity index (χ0) is 15.9. The molecular formula is C17H20N2O3. The standard InChI is InChI=1S/C17H20N2O3/c1-12-9-19(14-6-4-3-5-13(12)14)10-15(20)18-8-7-17(2,11-18)16(21)22/h3-6,9H,7-8,10-11H2,1-2H3,(H,21,22). The molecule has 1 aromatic carbocycles. The molecule has 5 nitrogen and oxygen atoms in total. The Morgan fingerprint density at radius 1 is 1.32 bits per heavy atom. The van der Waals surface area contributed by atoms with E-state index >= 15 is 0 Å². The molecule has 1 fully saturated rings. The van der Waals surface area contributed by atoms with Crippen LogP contribution in [0.2, 0.25) is 0 Å². The molecule has 1 atom stereocenters. The number of carbonyl (C=O) groups is 2. The summed E-state index contributed by atoms with van der Waals surface area (Å²) in [6.07, 6.45) is 2.49. The van der Waals surface area contributed by atoms with E-state index in [0.717, 1.165) is 16.5 Å². The summed E-state index contributed by atoms with van der Waals surface area (Å²) < 4.78 is 1.95. The quantitative estimate of drug-likeness (QED) is 0.946. The Kier molecular flexibility index (Phi) is 3.43. The number of amides is 1. The van der Waals surface area contributed by atoms with Crippen molar-refractivity contribution in [2.75, 3.05) is 13.1 Å². The molecule has 1 amide bonds. The van der Waals surface area contributed by atoms with Crippen molar-refractivity contribution < 1.29 is 14.7 Å². The summed E-state index contributed by atoms with van der Waals surface area (Å²) in [4.78, 5) is 25.4. The van der Waals surface area contributed by atoms with Gasteiger partial charge in [0.25, 0.3) is 0 Å². The largest absolute Gasteiger partial charge is 0.481 e. The summed E-state index contributed by atoms with van der Waals surface area (Å²) in [7, 11) is 0. The van der Waals surface area contributed by atoms with Crippen LogP contribution >= 0.6 is 0 Å². The van der Waals surface area contributed by atoms with Crippen LogP contribution in [0.3, 0.4) is 0 Å². The van der Waals surface area contributed by atoms with Crippen LogP contribution in [0.4, 0.5) is 0 Å². The maximum absolute atomic E-state index is 12.5. The summed E-state index contributed by atoms with van der Waals surface area (Å²) in [5.41, 5.74) is 1.36. The fourth-order valence-corrected chi connectivity index (χ4v) is 3.16. The third-order valence-corrected chi connectivity index (χ3v) is 4.64. The summed E-state index contributed by atoms with van der Waals surface area (Å²) in [6, 6.07) is 7.99. The molecule has 1 saturated heterocycles. The molecule has 1 aliphatic rings. The van der Waals surface area contributed by atoms with Gasteiger partial charge in [0, 0.05) is 30.2 Å². The molecule has 22 heavy (non-hydrogen) atoms. The predicted octanol–water partition coefficient (Wildman–Crippen LogP) is 2.27. The SMILES string of the molecule is Cc1cn(CC(=O)N2CCC(C)(C(=O)O)C2)c2ccccc12. The Hall–Kier alpha value is -2.30. The predicted molar refractivity (Wildman–Crippen MR) is 83.6 cm³/mol. The lowest BCUT2D eigenvalue weighted by Gasteiger charge is -2.20. The van der Waals surface area contributed by atoms with Gasteiger partial charge in [-0.05, 0) is 31.9 Å². The van der Waals surface area contributed by atoms with Crippen LogP contribution in [-0.4, -0.2) is 39.5 Å². The van der Waals surface area contributed by atoms with Crippen LogP contribution < -0.4 is 0 Å². The third kappa shape index (κ3) is 2.36. The molecule has 2 aromatic rings. The highest BCUT2D eigenvalue weighted by Gasteiger charge is 2.42. The summed E-state index contributed by atoms with van der Waals surface area (Å²) >= 11 is 0. The van der Waals surface area contributed by atoms with Gasteiger partial charge in [-0.15, -0.1) is 0 Å². The van der Waals surface area contributed by atoms with E-state index in [4.69, 9.17) is 0 Å². The first-order chi connectivity index (χ1) is 10.4. The smallest absolute Gasteiger partial charge is 0.311 e. The lowest BCUT2D eigenvalue weighted by atomic mass is 9.90. The highest BCUT2D eigenvalue weighted by atomic mass is 16.4. The molecule has 116 valence electrons. The number of carbonyl (C=O) groups excluding carboxylic acids is 1. The fraction of sp³-hybridized carbons (Fsp3) is 0.412. The van der Waals surface area contributed by atoms with Gasteiger partial charge in [0.1, 0.15) is 6.54 Å². The van der Waals surface area contributed by atoms with Crippen molar-refractivity contribution in [2.45, 2.75) is 26.8 Å². The molecule has 1 aliphatic heterocycles. The number of benzene rings is 1. The lowest BCUT2D eigenvalue weighted by molar-refractivity contribution is -0.147. The van der Waals surface area contributed by atoms with Gasteiger partial charge in [-0.25, -0.2) is 0 Å². The zero-order valence-corrected chi connectivity index (χ0v) is 12.9. The number of para-hydroxylation sites is 1. The number of hydrogen-bond acceptors (Lipinski definition) is 2. The van der Waals surface area contributed by atoms with Crippen LogP contribution in [0.25, 0.3) is 10.9 Å². The van der Waals surface area contributed by atoms with Gasteiger partial charge in [-0.2, -0.15) is 0 Å². The van der Waals surface area contributed by atoms with E-state index in [-0.39, 0.29) is 12.5 Å². The topological polar surface area (TPSA) is 62.5 Å². The molecule has 3 rings (SSSR count). The average molecular weight is 300 g/mol. The van der Waals surface area contributed by atoms with Gasteiger partial charge in [-0.3, -0.25) is 9.59 Å². The van der Waals surface area contributed by atoms with Crippen molar-refractivity contribution >= 4 is 22.8 Å². The Morgan fingerprint density at radius 2 is 2.05 bits per heavy atom. The first-order valence-corrected chi connectivity index (χ1v) is 7.46. The number of aliphatic carboxylic acids is 1. The number of likely N-dealkylation sites (tertiary alicyclic amines) is 1. The Balaban J connectivity index is 1.79. The number of hydrogen-bond donors (Lipinski definition) is 1. The van der Waals surface area contributed by atoms with Crippen LogP contribution in [-0.2, 0) is 16.1 Å². The molecule has 1 N–H and O–H groups in total. The molecule has 0 saturated carbocycles. The Morgan fingerprint density at radius 3 is 2.73 bits per heavy atom. The normalized spacial score (nSPS) is 21.5. The highest BCUT2D eigenvalue weighted by Crippen LogP contribution is 2.30. The molecule has 1 aromatic heterocycles. The summed E-state index contributed by atoms with van der Waals surface area (Å²) in [5.74, 6) is -0.851. The second-order valence-electron chi connectivity index (χ2n) is 6.39. The van der Waals surface area contributed by atoms with Crippen molar-refractivity contribution in [2.24, 2.45) is 5.41 Å². The van der Waals surface area contributed by atoms with Gasteiger partial charge in [0.2, 0.25) is 5.91 Å². The average Bonchev–Trinajstić information content (AvgIpc) is 3.03. The van der Waals surface area contributed by atoms with Crippen LogP contribution in [0.15, 0.2) is 30.5 Å². The second kappa shape index (κ2) is 5.16. The molecule has 0 spiro atoms. The van der Waals surface area contributed by atoms with Crippen molar-refractivity contribution in [3.63, 3.8) is 0 Å². The van der Waals surface area contributed by atoms with Crippen LogP contribution in [0.1, 0.15) is 18.9 Å². The number of rotatable bonds is 3. The maximum Gasteiger partial charge on any atom is 0.311 e. The molecular weight excluding hydrogens is 280 g/mol. The number of fused-ring (bicyclic) bond motifs is 1. The number of carboxylic acid groups (broad SMARTS) is 1. The van der Waals surface area contributed by atoms with E-state index in [0.29, 0.717) is 19.5 Å². The van der Waals surface area contributed by atoms with Gasteiger partial charge in [0.05, 0.1) is 5.41 Å². The molecule has 0 bridgehead atoms. The highest BCUT2D eigenvalue weighted by molar-refractivity contribution is 5.86. The zero-order valence-electron chi connectivity index (χ0n) is 12.9. The van der Waals surface area contributed by atoms with Crippen LogP contribution in [0.5, 0.6) is 0 Å². The monoisotopic (exact) mass is 300 g/mol. The second-order valence-corrected chi connectivity index (χ2v) is 6.39. The van der Waals surface area contributed by atoms with E-state index < -0.39 is 11.4 Å².